The van der Waals surface area contributed by atoms with E-state index >= 15 is 0 Å². The summed E-state index contributed by atoms with van der Waals surface area (Å²) in [5.74, 6) is 0.906. The lowest BCUT2D eigenvalue weighted by Crippen LogP contribution is -2.34. The van der Waals surface area contributed by atoms with Gasteiger partial charge < -0.3 is 19.1 Å². The van der Waals surface area contributed by atoms with E-state index in [4.69, 9.17) is 19.2 Å². The molecule has 2 aromatic carbocycles. The molecule has 12 heteroatoms. The minimum absolute atomic E-state index is 0.0879. The lowest BCUT2D eigenvalue weighted by Gasteiger charge is -2.22. The summed E-state index contributed by atoms with van der Waals surface area (Å²) in [6, 6.07) is 9.75. The van der Waals surface area contributed by atoms with Crippen LogP contribution in [0.4, 0.5) is 5.13 Å². The second-order valence-electron chi connectivity index (χ2n) is 9.73. The molecule has 0 N–H and O–H groups in total. The van der Waals surface area contributed by atoms with E-state index in [2.05, 4.69) is 4.90 Å². The quantitative estimate of drug-likeness (QED) is 0.322. The molecule has 0 aliphatic carbocycles. The Kier molecular flexibility index (Phi) is 9.44. The number of sulfonamides is 1. The van der Waals surface area contributed by atoms with Gasteiger partial charge in [-0.05, 0) is 64.2 Å². The van der Waals surface area contributed by atoms with Crippen LogP contribution in [0.5, 0.6) is 11.5 Å². The van der Waals surface area contributed by atoms with Gasteiger partial charge in [0.1, 0.15) is 0 Å². The number of thiazole rings is 1. The molecule has 1 unspecified atom stereocenters. The molecule has 0 spiro atoms. The van der Waals surface area contributed by atoms with Crippen LogP contribution in [0.3, 0.4) is 0 Å². The first kappa shape index (κ1) is 29.2. The highest BCUT2D eigenvalue weighted by Crippen LogP contribution is 2.37. The molecule has 3 aromatic rings. The van der Waals surface area contributed by atoms with Gasteiger partial charge in [0.15, 0.2) is 16.6 Å². The molecule has 1 aliphatic heterocycles. The van der Waals surface area contributed by atoms with Crippen molar-refractivity contribution in [3.63, 3.8) is 0 Å². The zero-order chi connectivity index (χ0) is 28.2. The number of amides is 1. The van der Waals surface area contributed by atoms with Crippen molar-refractivity contribution in [2.24, 2.45) is 0 Å². The Hall–Kier alpha value is -2.77. The van der Waals surface area contributed by atoms with Crippen molar-refractivity contribution >= 4 is 42.6 Å². The fourth-order valence-electron chi connectivity index (χ4n) is 4.47. The average molecular weight is 577 g/mol. The molecule has 1 fully saturated rings. The second-order valence-corrected chi connectivity index (χ2v) is 12.8. The Morgan fingerprint density at radius 2 is 1.77 bits per heavy atom. The lowest BCUT2D eigenvalue weighted by atomic mass is 10.2. The zero-order valence-electron chi connectivity index (χ0n) is 23.0. The molecule has 212 valence electrons. The fraction of sp³-hybridized carbons (Fsp3) is 0.481. The van der Waals surface area contributed by atoms with Crippen LogP contribution < -0.4 is 14.4 Å². The van der Waals surface area contributed by atoms with Crippen LogP contribution in [-0.4, -0.2) is 96.2 Å². The van der Waals surface area contributed by atoms with Crippen molar-refractivity contribution in [1.29, 1.82) is 0 Å². The van der Waals surface area contributed by atoms with Crippen molar-refractivity contribution in [2.75, 3.05) is 66.5 Å². The molecule has 39 heavy (non-hydrogen) atoms. The van der Waals surface area contributed by atoms with E-state index in [9.17, 15) is 13.2 Å². The van der Waals surface area contributed by atoms with Crippen LogP contribution in [0.1, 0.15) is 29.6 Å². The van der Waals surface area contributed by atoms with Crippen molar-refractivity contribution in [3.8, 4) is 11.5 Å². The fourth-order valence-corrected chi connectivity index (χ4v) is 6.67. The van der Waals surface area contributed by atoms with Crippen molar-refractivity contribution in [2.45, 2.75) is 30.3 Å². The number of carbonyl (C=O) groups excluding carboxylic acids is 1. The highest BCUT2D eigenvalue weighted by molar-refractivity contribution is 7.89. The summed E-state index contributed by atoms with van der Waals surface area (Å²) in [4.78, 5) is 22.3. The Bertz CT molecular complexity index is 1340. The van der Waals surface area contributed by atoms with E-state index < -0.39 is 10.0 Å². The summed E-state index contributed by atoms with van der Waals surface area (Å²) in [5, 5.41) is 0.553. The average Bonchev–Trinajstić information content (AvgIpc) is 3.59. The van der Waals surface area contributed by atoms with Gasteiger partial charge in [-0.15, -0.1) is 0 Å². The molecule has 2 heterocycles. The number of carbonyl (C=O) groups is 1. The number of hydrogen-bond donors (Lipinski definition) is 0. The molecule has 1 saturated heterocycles. The Labute approximate surface area is 234 Å². The van der Waals surface area contributed by atoms with Crippen LogP contribution in [0.2, 0.25) is 0 Å². The van der Waals surface area contributed by atoms with Gasteiger partial charge in [-0.2, -0.15) is 4.31 Å². The van der Waals surface area contributed by atoms with E-state index in [1.54, 1.807) is 44.4 Å². The van der Waals surface area contributed by atoms with Crippen molar-refractivity contribution in [3.05, 3.63) is 42.0 Å². The predicted molar refractivity (Wildman–Crippen MR) is 153 cm³/mol. The van der Waals surface area contributed by atoms with Gasteiger partial charge in [-0.25, -0.2) is 13.4 Å². The summed E-state index contributed by atoms with van der Waals surface area (Å²) >= 11 is 1.39. The first-order valence-corrected chi connectivity index (χ1v) is 15.1. The van der Waals surface area contributed by atoms with Gasteiger partial charge in [0.05, 0.1) is 35.4 Å². The molecule has 0 saturated carbocycles. The third-order valence-electron chi connectivity index (χ3n) is 6.64. The molecule has 10 nitrogen and oxygen atoms in total. The van der Waals surface area contributed by atoms with Gasteiger partial charge in [-0.1, -0.05) is 11.3 Å². The van der Waals surface area contributed by atoms with Gasteiger partial charge in [0, 0.05) is 44.4 Å². The van der Waals surface area contributed by atoms with Crippen LogP contribution >= 0.6 is 11.3 Å². The summed E-state index contributed by atoms with van der Waals surface area (Å²) in [6.45, 7) is 2.21. The molecule has 0 bridgehead atoms. The summed E-state index contributed by atoms with van der Waals surface area (Å²) in [7, 11) is 4.96. The second kappa shape index (κ2) is 12.6. The minimum Gasteiger partial charge on any atom is -0.493 e. The maximum atomic E-state index is 13.7. The monoisotopic (exact) mass is 576 g/mol. The zero-order valence-corrected chi connectivity index (χ0v) is 24.7. The molecule has 1 amide bonds. The van der Waals surface area contributed by atoms with Crippen LogP contribution in [0.25, 0.3) is 10.2 Å². The van der Waals surface area contributed by atoms with Gasteiger partial charge in [-0.3, -0.25) is 9.69 Å². The lowest BCUT2D eigenvalue weighted by molar-refractivity contribution is 0.0978. The van der Waals surface area contributed by atoms with Gasteiger partial charge in [0.25, 0.3) is 5.91 Å². The van der Waals surface area contributed by atoms with E-state index in [0.29, 0.717) is 47.4 Å². The van der Waals surface area contributed by atoms with Gasteiger partial charge >= 0.3 is 0 Å². The maximum Gasteiger partial charge on any atom is 0.260 e. The number of anilines is 1. The minimum atomic E-state index is -3.71. The number of aromatic nitrogens is 1. The van der Waals surface area contributed by atoms with E-state index in [1.807, 2.05) is 20.2 Å². The van der Waals surface area contributed by atoms with Crippen LogP contribution in [0, 0.1) is 0 Å². The molecule has 4 rings (SSSR count). The molecule has 0 radical (unpaired) electrons. The SMILES string of the molecule is COc1cc2nc(N(CCCN(C)C)C(=O)c3ccc(S(=O)(=O)N(C)CC4CCCO4)cc3)sc2cc1OC. The standard InChI is InChI=1S/C27H36N4O6S2/c1-29(2)13-7-14-31(27-28-22-16-23(35-4)24(36-5)17-25(22)38-27)26(32)19-9-11-21(12-10-19)39(33,34)30(3)18-20-8-6-15-37-20/h9-12,16-17,20H,6-8,13-15,18H2,1-5H3. The molecular weight excluding hydrogens is 540 g/mol. The first-order valence-electron chi connectivity index (χ1n) is 12.8. The van der Waals surface area contributed by atoms with Crippen LogP contribution in [0.15, 0.2) is 41.3 Å². The number of rotatable bonds is 12. The Morgan fingerprint density at radius 1 is 1.08 bits per heavy atom. The Balaban J connectivity index is 1.59. The summed E-state index contributed by atoms with van der Waals surface area (Å²) < 4.78 is 44.8. The number of benzene rings is 2. The third-order valence-corrected chi connectivity index (χ3v) is 9.52. The summed E-state index contributed by atoms with van der Waals surface area (Å²) in [6.07, 6.45) is 2.44. The molecule has 1 aromatic heterocycles. The van der Waals surface area contributed by atoms with E-state index in [-0.39, 0.29) is 16.9 Å². The number of likely N-dealkylation sites (N-methyl/N-ethyl adjacent to an activating group) is 1. The Morgan fingerprint density at radius 3 is 2.38 bits per heavy atom. The first-order chi connectivity index (χ1) is 18.6. The topological polar surface area (TPSA) is 102 Å². The van der Waals surface area contributed by atoms with Crippen molar-refractivity contribution < 1.29 is 27.4 Å². The van der Waals surface area contributed by atoms with Gasteiger partial charge in [0.2, 0.25) is 10.0 Å². The van der Waals surface area contributed by atoms with Crippen molar-refractivity contribution in [1.82, 2.24) is 14.2 Å². The number of hydrogen-bond acceptors (Lipinski definition) is 9. The third kappa shape index (κ3) is 6.69. The highest BCUT2D eigenvalue weighted by Gasteiger charge is 2.27. The largest absolute Gasteiger partial charge is 0.493 e. The van der Waals surface area contributed by atoms with E-state index in [0.717, 1.165) is 30.5 Å². The maximum absolute atomic E-state index is 13.7. The van der Waals surface area contributed by atoms with Crippen LogP contribution in [-0.2, 0) is 14.8 Å². The number of fused-ring (bicyclic) bond motifs is 1. The normalized spacial score (nSPS) is 15.8. The number of ether oxygens (including phenoxy) is 3. The number of methoxy groups -OCH3 is 2. The number of nitrogens with zero attached hydrogens (tertiary/aromatic N) is 4. The smallest absolute Gasteiger partial charge is 0.260 e. The molecular formula is C27H36N4O6S2. The molecule has 1 atom stereocenters. The molecule has 1 aliphatic rings. The van der Waals surface area contributed by atoms with E-state index in [1.165, 1.54) is 27.8 Å². The summed E-state index contributed by atoms with van der Waals surface area (Å²) in [5.41, 5.74) is 1.09. The highest BCUT2D eigenvalue weighted by atomic mass is 32.2. The predicted octanol–water partition coefficient (Wildman–Crippen LogP) is 3.71.